The lowest BCUT2D eigenvalue weighted by molar-refractivity contribution is 0.0386. The average molecular weight is 457 g/mol. The molecular formula is C24H26ClFN4O2. The molecule has 8 heteroatoms. The van der Waals surface area contributed by atoms with Crippen molar-refractivity contribution in [2.45, 2.75) is 31.5 Å². The third kappa shape index (κ3) is 3.96. The SMILES string of the molecule is O=C1NCC(O)N1CC(c1cn(-c2ccc(F)cc2)c2ccc(Cl)cc12)N1CCCCC1. The molecule has 0 spiro atoms. The predicted octanol–water partition coefficient (Wildman–Crippen LogP) is 4.29. The summed E-state index contributed by atoms with van der Waals surface area (Å²) in [5.41, 5.74) is 2.85. The molecule has 2 aromatic carbocycles. The number of aliphatic hydroxyl groups excluding tert-OH is 1. The fraction of sp³-hybridized carbons (Fsp3) is 0.375. The van der Waals surface area contributed by atoms with E-state index in [9.17, 15) is 14.3 Å². The molecule has 0 saturated carbocycles. The van der Waals surface area contributed by atoms with E-state index < -0.39 is 6.23 Å². The molecule has 32 heavy (non-hydrogen) atoms. The molecule has 6 nitrogen and oxygen atoms in total. The molecule has 2 N–H and O–H groups in total. The van der Waals surface area contributed by atoms with Crippen LogP contribution in [0.5, 0.6) is 0 Å². The molecule has 2 unspecified atom stereocenters. The molecule has 2 saturated heterocycles. The number of aliphatic hydroxyl groups is 1. The Balaban J connectivity index is 1.63. The van der Waals surface area contributed by atoms with Crippen molar-refractivity contribution in [2.24, 2.45) is 0 Å². The summed E-state index contributed by atoms with van der Waals surface area (Å²) in [7, 11) is 0. The van der Waals surface area contributed by atoms with E-state index >= 15 is 0 Å². The number of β-amino-alcohol motifs (C(OH)–C–C–N with tert-alkyl or cyclic N) is 1. The molecule has 5 rings (SSSR count). The van der Waals surface area contributed by atoms with Crippen molar-refractivity contribution >= 4 is 28.5 Å². The van der Waals surface area contributed by atoms with Crippen molar-refractivity contribution in [1.29, 1.82) is 0 Å². The number of rotatable bonds is 5. The summed E-state index contributed by atoms with van der Waals surface area (Å²) in [6.45, 7) is 2.47. The van der Waals surface area contributed by atoms with Crippen LogP contribution >= 0.6 is 11.6 Å². The lowest BCUT2D eigenvalue weighted by Crippen LogP contribution is -2.44. The monoisotopic (exact) mass is 456 g/mol. The van der Waals surface area contributed by atoms with Gasteiger partial charge in [-0.25, -0.2) is 9.18 Å². The van der Waals surface area contributed by atoms with Crippen LogP contribution in [0, 0.1) is 5.82 Å². The van der Waals surface area contributed by atoms with Gasteiger partial charge >= 0.3 is 6.03 Å². The highest BCUT2D eigenvalue weighted by Gasteiger charge is 2.35. The minimum absolute atomic E-state index is 0.100. The standard InChI is InChI=1S/C24H26ClFN4O2/c25-16-4-9-21-19(12-16)20(14-29(21)18-7-5-17(26)6-8-18)22(28-10-2-1-3-11-28)15-30-23(31)13-27-24(30)32/h4-9,12,14,22-23,31H,1-3,10-11,13,15H2,(H,27,32). The van der Waals surface area contributed by atoms with Crippen LogP contribution in [-0.2, 0) is 0 Å². The van der Waals surface area contributed by atoms with E-state index in [2.05, 4.69) is 16.4 Å². The highest BCUT2D eigenvalue weighted by atomic mass is 35.5. The number of nitrogens with zero attached hydrogens (tertiary/aromatic N) is 3. The van der Waals surface area contributed by atoms with Gasteiger partial charge in [0, 0.05) is 28.8 Å². The Morgan fingerprint density at radius 3 is 2.56 bits per heavy atom. The molecule has 2 atom stereocenters. The van der Waals surface area contributed by atoms with E-state index in [1.165, 1.54) is 23.5 Å². The number of hydrogen-bond donors (Lipinski definition) is 2. The zero-order chi connectivity index (χ0) is 22.2. The fourth-order valence-electron chi connectivity index (χ4n) is 4.87. The summed E-state index contributed by atoms with van der Waals surface area (Å²) in [4.78, 5) is 16.3. The van der Waals surface area contributed by atoms with Crippen molar-refractivity contribution in [1.82, 2.24) is 19.7 Å². The van der Waals surface area contributed by atoms with E-state index in [1.54, 1.807) is 12.1 Å². The molecular weight excluding hydrogens is 431 g/mol. The number of nitrogens with one attached hydrogen (secondary N) is 1. The molecule has 0 bridgehead atoms. The maximum atomic E-state index is 13.5. The van der Waals surface area contributed by atoms with Gasteiger partial charge in [-0.05, 0) is 74.0 Å². The van der Waals surface area contributed by atoms with Crippen molar-refractivity contribution in [2.75, 3.05) is 26.2 Å². The third-order valence-corrected chi connectivity index (χ3v) is 6.75. The van der Waals surface area contributed by atoms with Crippen molar-refractivity contribution in [3.63, 3.8) is 0 Å². The molecule has 2 aliphatic heterocycles. The largest absolute Gasteiger partial charge is 0.372 e. The van der Waals surface area contributed by atoms with Gasteiger partial charge in [0.1, 0.15) is 12.0 Å². The molecule has 0 radical (unpaired) electrons. The van der Waals surface area contributed by atoms with Crippen LogP contribution in [0.15, 0.2) is 48.7 Å². The van der Waals surface area contributed by atoms with Crippen LogP contribution in [-0.4, -0.2) is 57.9 Å². The molecule has 1 aromatic heterocycles. The number of likely N-dealkylation sites (tertiary alicyclic amines) is 1. The number of hydrogen-bond acceptors (Lipinski definition) is 3. The smallest absolute Gasteiger partial charge is 0.319 e. The summed E-state index contributed by atoms with van der Waals surface area (Å²) in [6, 6.07) is 11.8. The Hall–Kier alpha value is -2.61. The second kappa shape index (κ2) is 8.73. The van der Waals surface area contributed by atoms with Crippen molar-refractivity contribution in [3.8, 4) is 5.69 Å². The van der Waals surface area contributed by atoms with Crippen molar-refractivity contribution in [3.05, 3.63) is 65.1 Å². The average Bonchev–Trinajstić information content (AvgIpc) is 3.32. The lowest BCUT2D eigenvalue weighted by Gasteiger charge is -2.37. The topological polar surface area (TPSA) is 60.7 Å². The number of amides is 2. The number of piperidine rings is 1. The van der Waals surface area contributed by atoms with Crippen LogP contribution in [0.3, 0.4) is 0 Å². The normalized spacial score (nSPS) is 20.7. The van der Waals surface area contributed by atoms with E-state index in [0.29, 0.717) is 11.6 Å². The zero-order valence-electron chi connectivity index (χ0n) is 17.7. The Bertz CT molecular complexity index is 1130. The quantitative estimate of drug-likeness (QED) is 0.602. The number of benzene rings is 2. The van der Waals surface area contributed by atoms with Gasteiger partial charge in [0.2, 0.25) is 0 Å². The molecule has 3 aromatic rings. The maximum absolute atomic E-state index is 13.5. The molecule has 2 amide bonds. The van der Waals surface area contributed by atoms with Gasteiger partial charge in [-0.3, -0.25) is 9.80 Å². The predicted molar refractivity (Wildman–Crippen MR) is 123 cm³/mol. The highest BCUT2D eigenvalue weighted by Crippen LogP contribution is 2.36. The Kier molecular flexibility index (Phi) is 5.80. The first-order chi connectivity index (χ1) is 15.5. The maximum Gasteiger partial charge on any atom is 0.319 e. The van der Waals surface area contributed by atoms with E-state index in [0.717, 1.165) is 48.1 Å². The number of aromatic nitrogens is 1. The number of carbonyl (C=O) groups excluding carboxylic acids is 1. The minimum Gasteiger partial charge on any atom is -0.372 e. The Morgan fingerprint density at radius 1 is 1.12 bits per heavy atom. The third-order valence-electron chi connectivity index (χ3n) is 6.52. The van der Waals surface area contributed by atoms with E-state index in [-0.39, 0.29) is 24.4 Å². The molecule has 0 aliphatic carbocycles. The van der Waals surface area contributed by atoms with Gasteiger partial charge in [0.05, 0.1) is 18.1 Å². The Labute approximate surface area is 191 Å². The van der Waals surface area contributed by atoms with Crippen LogP contribution in [0.1, 0.15) is 30.9 Å². The number of urea groups is 1. The van der Waals surface area contributed by atoms with Crippen LogP contribution in [0.4, 0.5) is 9.18 Å². The van der Waals surface area contributed by atoms with Gasteiger partial charge in [0.15, 0.2) is 0 Å². The van der Waals surface area contributed by atoms with Gasteiger partial charge in [-0.1, -0.05) is 18.0 Å². The zero-order valence-corrected chi connectivity index (χ0v) is 18.4. The van der Waals surface area contributed by atoms with Gasteiger partial charge in [-0.2, -0.15) is 0 Å². The lowest BCUT2D eigenvalue weighted by atomic mass is 10.0. The molecule has 2 aliphatic rings. The van der Waals surface area contributed by atoms with E-state index in [4.69, 9.17) is 11.6 Å². The molecule has 2 fully saturated rings. The van der Waals surface area contributed by atoms with E-state index in [1.807, 2.05) is 22.8 Å². The van der Waals surface area contributed by atoms with Crippen molar-refractivity contribution < 1.29 is 14.3 Å². The van der Waals surface area contributed by atoms with Crippen LogP contribution < -0.4 is 5.32 Å². The summed E-state index contributed by atoms with van der Waals surface area (Å²) < 4.78 is 15.6. The van der Waals surface area contributed by atoms with Gasteiger partial charge < -0.3 is 15.0 Å². The summed E-state index contributed by atoms with van der Waals surface area (Å²) in [6.07, 6.45) is 4.61. The van der Waals surface area contributed by atoms with Gasteiger partial charge in [0.25, 0.3) is 0 Å². The number of carbonyl (C=O) groups is 1. The Morgan fingerprint density at radius 2 is 1.88 bits per heavy atom. The minimum atomic E-state index is -0.844. The van der Waals surface area contributed by atoms with Crippen LogP contribution in [0.2, 0.25) is 5.02 Å². The first-order valence-corrected chi connectivity index (χ1v) is 11.4. The molecule has 3 heterocycles. The fourth-order valence-corrected chi connectivity index (χ4v) is 5.04. The summed E-state index contributed by atoms with van der Waals surface area (Å²) in [5.74, 6) is -0.284. The number of halogens is 2. The second-order valence-corrected chi connectivity index (χ2v) is 8.96. The molecule has 168 valence electrons. The number of fused-ring (bicyclic) bond motifs is 1. The summed E-state index contributed by atoms with van der Waals surface area (Å²) >= 11 is 6.39. The first-order valence-electron chi connectivity index (χ1n) is 11.0. The van der Waals surface area contributed by atoms with Crippen LogP contribution in [0.25, 0.3) is 16.6 Å². The first kappa shape index (κ1) is 21.2. The summed E-state index contributed by atoms with van der Waals surface area (Å²) in [5, 5.41) is 14.7. The highest BCUT2D eigenvalue weighted by molar-refractivity contribution is 6.31. The van der Waals surface area contributed by atoms with Gasteiger partial charge in [-0.15, -0.1) is 0 Å². The second-order valence-electron chi connectivity index (χ2n) is 8.52.